The Morgan fingerprint density at radius 3 is 2.13 bits per heavy atom. The first-order chi connectivity index (χ1) is 14.7. The molecule has 2 aromatic rings. The van der Waals surface area contributed by atoms with Crippen LogP contribution in [0.25, 0.3) is 0 Å². The van der Waals surface area contributed by atoms with E-state index in [1.165, 1.54) is 12.1 Å². The molecule has 2 aromatic carbocycles. The smallest absolute Gasteiger partial charge is 0.338 e. The molecule has 0 aliphatic heterocycles. The van der Waals surface area contributed by atoms with Crippen molar-refractivity contribution in [3.05, 3.63) is 64.7 Å². The normalized spacial score (nSPS) is 10.5. The standard InChI is InChI=1S/C24H27NO6/c1-15(2)31-24(29)18-7-9-20(10-8-18)25-22(27)14-30-23(28)12-11-21(26)19-6-5-16(3)17(4)13-19/h5-10,13,15H,11-12,14H2,1-4H3,(H,25,27). The molecule has 0 unspecified atom stereocenters. The van der Waals surface area contributed by atoms with E-state index in [1.807, 2.05) is 19.9 Å². The Morgan fingerprint density at radius 2 is 1.52 bits per heavy atom. The van der Waals surface area contributed by atoms with Gasteiger partial charge in [0.25, 0.3) is 5.91 Å². The zero-order valence-corrected chi connectivity index (χ0v) is 18.2. The summed E-state index contributed by atoms with van der Waals surface area (Å²) >= 11 is 0. The van der Waals surface area contributed by atoms with Gasteiger partial charge in [0, 0.05) is 17.7 Å². The number of benzene rings is 2. The minimum Gasteiger partial charge on any atom is -0.459 e. The number of rotatable bonds is 9. The van der Waals surface area contributed by atoms with Gasteiger partial charge in [0.2, 0.25) is 0 Å². The van der Waals surface area contributed by atoms with Gasteiger partial charge in [-0.15, -0.1) is 0 Å². The first-order valence-corrected chi connectivity index (χ1v) is 10.0. The number of esters is 2. The molecule has 0 aliphatic rings. The lowest BCUT2D eigenvalue weighted by Crippen LogP contribution is -2.21. The number of nitrogens with one attached hydrogen (secondary N) is 1. The van der Waals surface area contributed by atoms with Gasteiger partial charge < -0.3 is 14.8 Å². The number of ketones is 1. The Kier molecular flexibility index (Phi) is 8.49. The van der Waals surface area contributed by atoms with Crippen molar-refractivity contribution in [3.8, 4) is 0 Å². The van der Waals surface area contributed by atoms with Crippen molar-refractivity contribution in [3.63, 3.8) is 0 Å². The summed E-state index contributed by atoms with van der Waals surface area (Å²) < 4.78 is 10.0. The van der Waals surface area contributed by atoms with Gasteiger partial charge >= 0.3 is 11.9 Å². The third kappa shape index (κ3) is 7.70. The second-order valence-electron chi connectivity index (χ2n) is 7.46. The number of amides is 1. The highest BCUT2D eigenvalue weighted by Gasteiger charge is 2.13. The Hall–Kier alpha value is -3.48. The predicted molar refractivity (Wildman–Crippen MR) is 116 cm³/mol. The van der Waals surface area contributed by atoms with Crippen LogP contribution >= 0.6 is 0 Å². The minimum atomic E-state index is -0.626. The second-order valence-corrected chi connectivity index (χ2v) is 7.46. The van der Waals surface area contributed by atoms with Crippen LogP contribution in [-0.4, -0.2) is 36.3 Å². The SMILES string of the molecule is Cc1ccc(C(=O)CCC(=O)OCC(=O)Nc2ccc(C(=O)OC(C)C)cc2)cc1C. The summed E-state index contributed by atoms with van der Waals surface area (Å²) in [6.45, 7) is 6.93. The van der Waals surface area contributed by atoms with Crippen LogP contribution < -0.4 is 5.32 Å². The van der Waals surface area contributed by atoms with E-state index in [0.717, 1.165) is 11.1 Å². The van der Waals surface area contributed by atoms with Crippen molar-refractivity contribution in [1.29, 1.82) is 0 Å². The van der Waals surface area contributed by atoms with Gasteiger partial charge in [-0.2, -0.15) is 0 Å². The molecule has 0 atom stereocenters. The van der Waals surface area contributed by atoms with E-state index < -0.39 is 24.5 Å². The molecule has 164 valence electrons. The molecule has 0 fully saturated rings. The van der Waals surface area contributed by atoms with Gasteiger partial charge in [-0.25, -0.2) is 4.79 Å². The maximum Gasteiger partial charge on any atom is 0.338 e. The molecule has 0 bridgehead atoms. The van der Waals surface area contributed by atoms with Crippen molar-refractivity contribution in [2.45, 2.75) is 46.6 Å². The van der Waals surface area contributed by atoms with Crippen molar-refractivity contribution in [2.75, 3.05) is 11.9 Å². The maximum atomic E-state index is 12.2. The van der Waals surface area contributed by atoms with Crippen LogP contribution in [0.15, 0.2) is 42.5 Å². The summed E-state index contributed by atoms with van der Waals surface area (Å²) in [6.07, 6.45) is -0.319. The van der Waals surface area contributed by atoms with Crippen molar-refractivity contribution >= 4 is 29.3 Å². The highest BCUT2D eigenvalue weighted by atomic mass is 16.5. The predicted octanol–water partition coefficient (Wildman–Crippen LogP) is 4.01. The zero-order chi connectivity index (χ0) is 23.0. The fourth-order valence-electron chi connectivity index (χ4n) is 2.66. The summed E-state index contributed by atoms with van der Waals surface area (Å²) in [5.74, 6) is -1.75. The molecule has 0 radical (unpaired) electrons. The summed E-state index contributed by atoms with van der Waals surface area (Å²) in [4.78, 5) is 47.8. The highest BCUT2D eigenvalue weighted by Crippen LogP contribution is 2.13. The second kappa shape index (κ2) is 11.1. The molecule has 1 N–H and O–H groups in total. The zero-order valence-electron chi connectivity index (χ0n) is 18.2. The third-order valence-corrected chi connectivity index (χ3v) is 4.50. The van der Waals surface area contributed by atoms with Crippen LogP contribution in [0.4, 0.5) is 5.69 Å². The molecular formula is C24H27NO6. The molecule has 2 rings (SSSR count). The molecule has 7 heteroatoms. The minimum absolute atomic E-state index is 0.0108. The van der Waals surface area contributed by atoms with Gasteiger partial charge in [0.1, 0.15) is 0 Å². The fourth-order valence-corrected chi connectivity index (χ4v) is 2.66. The Balaban J connectivity index is 1.75. The summed E-state index contributed by atoms with van der Waals surface area (Å²) in [5, 5.41) is 2.57. The van der Waals surface area contributed by atoms with Gasteiger partial charge in [-0.1, -0.05) is 12.1 Å². The Morgan fingerprint density at radius 1 is 0.871 bits per heavy atom. The summed E-state index contributed by atoms with van der Waals surface area (Å²) in [6, 6.07) is 11.6. The average Bonchev–Trinajstić information content (AvgIpc) is 2.72. The number of anilines is 1. The van der Waals surface area contributed by atoms with E-state index in [-0.39, 0.29) is 24.7 Å². The molecule has 31 heavy (non-hydrogen) atoms. The van der Waals surface area contributed by atoms with Crippen LogP contribution in [0.1, 0.15) is 58.5 Å². The van der Waals surface area contributed by atoms with E-state index >= 15 is 0 Å². The lowest BCUT2D eigenvalue weighted by molar-refractivity contribution is -0.147. The lowest BCUT2D eigenvalue weighted by Gasteiger charge is -2.09. The summed E-state index contributed by atoms with van der Waals surface area (Å²) in [5.41, 5.74) is 3.47. The highest BCUT2D eigenvalue weighted by molar-refractivity contribution is 5.98. The Labute approximate surface area is 181 Å². The van der Waals surface area contributed by atoms with E-state index in [9.17, 15) is 19.2 Å². The number of Topliss-reactive ketones (excluding diaryl/α,β-unsaturated/α-hetero) is 1. The molecule has 0 spiro atoms. The van der Waals surface area contributed by atoms with Crippen LogP contribution in [0.2, 0.25) is 0 Å². The lowest BCUT2D eigenvalue weighted by atomic mass is 10.0. The molecule has 1 amide bonds. The van der Waals surface area contributed by atoms with E-state index in [2.05, 4.69) is 5.32 Å². The van der Waals surface area contributed by atoms with Crippen molar-refractivity contribution in [2.24, 2.45) is 0 Å². The molecular weight excluding hydrogens is 398 g/mol. The first kappa shape index (κ1) is 23.8. The fraction of sp³-hybridized carbons (Fsp3) is 0.333. The number of ether oxygens (including phenoxy) is 2. The van der Waals surface area contributed by atoms with Crippen molar-refractivity contribution in [1.82, 2.24) is 0 Å². The molecule has 0 heterocycles. The van der Waals surface area contributed by atoms with Crippen LogP contribution in [0.5, 0.6) is 0 Å². The third-order valence-electron chi connectivity index (χ3n) is 4.50. The van der Waals surface area contributed by atoms with Crippen molar-refractivity contribution < 1.29 is 28.7 Å². The Bertz CT molecular complexity index is 963. The van der Waals surface area contributed by atoms with Crippen LogP contribution in [-0.2, 0) is 19.1 Å². The quantitative estimate of drug-likeness (QED) is 0.481. The van der Waals surface area contributed by atoms with Gasteiger partial charge in [0.05, 0.1) is 18.1 Å². The van der Waals surface area contributed by atoms with E-state index in [4.69, 9.17) is 9.47 Å². The number of hydrogen-bond donors (Lipinski definition) is 1. The summed E-state index contributed by atoms with van der Waals surface area (Å²) in [7, 11) is 0. The topological polar surface area (TPSA) is 98.8 Å². The van der Waals surface area contributed by atoms with Crippen LogP contribution in [0.3, 0.4) is 0 Å². The molecule has 7 nitrogen and oxygen atoms in total. The van der Waals surface area contributed by atoms with Gasteiger partial charge in [-0.3, -0.25) is 14.4 Å². The van der Waals surface area contributed by atoms with E-state index in [0.29, 0.717) is 16.8 Å². The number of aryl methyl sites for hydroxylation is 2. The van der Waals surface area contributed by atoms with Gasteiger partial charge in [0.15, 0.2) is 12.4 Å². The van der Waals surface area contributed by atoms with E-state index in [1.54, 1.807) is 38.1 Å². The monoisotopic (exact) mass is 425 g/mol. The first-order valence-electron chi connectivity index (χ1n) is 10.0. The number of carbonyl (C=O) groups is 4. The molecule has 0 saturated heterocycles. The molecule has 0 saturated carbocycles. The largest absolute Gasteiger partial charge is 0.459 e. The van der Waals surface area contributed by atoms with Gasteiger partial charge in [-0.05, 0) is 69.2 Å². The maximum absolute atomic E-state index is 12.2. The average molecular weight is 425 g/mol. The molecule has 0 aromatic heterocycles. The number of hydrogen-bond acceptors (Lipinski definition) is 6. The van der Waals surface area contributed by atoms with Crippen LogP contribution in [0, 0.1) is 13.8 Å². The molecule has 0 aliphatic carbocycles. The number of carbonyl (C=O) groups excluding carboxylic acids is 4.